The van der Waals surface area contributed by atoms with E-state index < -0.39 is 66.2 Å². The Morgan fingerprint density at radius 3 is 1.56 bits per heavy atom. The lowest BCUT2D eigenvalue weighted by Gasteiger charge is -2.20. The second-order valence-corrected chi connectivity index (χ2v) is 19.4. The van der Waals surface area contributed by atoms with Gasteiger partial charge in [0.2, 0.25) is 0 Å². The van der Waals surface area contributed by atoms with E-state index in [1.807, 2.05) is 30.4 Å². The third-order valence-electron chi connectivity index (χ3n) is 9.96. The fraction of sp³-hybridized carbons (Fsp3) is 0.787. The average molecular weight is 937 g/mol. The molecule has 4 atom stereocenters. The molecule has 0 bridgehead atoms. The van der Waals surface area contributed by atoms with Crippen LogP contribution in [0.2, 0.25) is 0 Å². The lowest BCUT2D eigenvalue weighted by molar-refractivity contribution is -0.161. The van der Waals surface area contributed by atoms with E-state index in [1.54, 1.807) is 0 Å². The number of phosphoric ester groups is 2. The molecule has 0 aromatic carbocycles. The van der Waals surface area contributed by atoms with E-state index in [0.29, 0.717) is 19.3 Å². The number of rotatable bonds is 44. The highest BCUT2D eigenvalue weighted by Gasteiger charge is 2.28. The molecule has 368 valence electrons. The number of allylic oxidation sites excluding steroid dienone is 7. The lowest BCUT2D eigenvalue weighted by Crippen LogP contribution is -2.29. The van der Waals surface area contributed by atoms with E-state index in [2.05, 4.69) is 48.0 Å². The zero-order valence-electron chi connectivity index (χ0n) is 38.9. The molecule has 0 saturated heterocycles. The summed E-state index contributed by atoms with van der Waals surface area (Å²) >= 11 is 0. The highest BCUT2D eigenvalue weighted by molar-refractivity contribution is 7.47. The quantitative estimate of drug-likeness (QED) is 0.0166. The van der Waals surface area contributed by atoms with Crippen molar-refractivity contribution in [3.63, 3.8) is 0 Å². The van der Waals surface area contributed by atoms with Gasteiger partial charge in [0.1, 0.15) is 12.7 Å². The largest absolute Gasteiger partial charge is 0.472 e. The van der Waals surface area contributed by atoms with Crippen molar-refractivity contribution in [2.45, 2.75) is 206 Å². The number of aliphatic hydroxyl groups is 2. The summed E-state index contributed by atoms with van der Waals surface area (Å²) in [6, 6.07) is 0. The van der Waals surface area contributed by atoms with Crippen LogP contribution in [0.4, 0.5) is 0 Å². The van der Waals surface area contributed by atoms with Gasteiger partial charge in [-0.3, -0.25) is 23.2 Å². The Kier molecular flexibility index (Phi) is 40.2. The van der Waals surface area contributed by atoms with E-state index in [9.17, 15) is 33.8 Å². The number of ether oxygens (including phenoxy) is 2. The maximum absolute atomic E-state index is 12.7. The Balaban J connectivity index is 4.56. The van der Waals surface area contributed by atoms with Gasteiger partial charge in [-0.15, -0.1) is 0 Å². The van der Waals surface area contributed by atoms with Gasteiger partial charge in [0.25, 0.3) is 0 Å². The van der Waals surface area contributed by atoms with Crippen LogP contribution in [0.15, 0.2) is 48.6 Å². The molecular weight excluding hydrogens is 850 g/mol. The summed E-state index contributed by atoms with van der Waals surface area (Å²) in [5, 5.41) is 19.6. The Labute approximate surface area is 380 Å². The Morgan fingerprint density at radius 2 is 1.02 bits per heavy atom. The fourth-order valence-electron chi connectivity index (χ4n) is 6.31. The summed E-state index contributed by atoms with van der Waals surface area (Å²) in [5.41, 5.74) is 0. The molecule has 0 aromatic rings. The molecule has 14 nitrogen and oxygen atoms in total. The van der Waals surface area contributed by atoms with Crippen molar-refractivity contribution in [1.82, 2.24) is 0 Å². The van der Waals surface area contributed by atoms with Crippen LogP contribution in [0.5, 0.6) is 0 Å². The van der Waals surface area contributed by atoms with Crippen LogP contribution in [0, 0.1) is 5.92 Å². The predicted molar refractivity (Wildman–Crippen MR) is 250 cm³/mol. The Bertz CT molecular complexity index is 1330. The molecular formula is C47H86O14P2. The highest BCUT2D eigenvalue weighted by Crippen LogP contribution is 2.43. The lowest BCUT2D eigenvalue weighted by atomic mass is 10.0. The average Bonchev–Trinajstić information content (AvgIpc) is 3.23. The number of carbonyl (C=O) groups excluding carboxylic acids is 2. The summed E-state index contributed by atoms with van der Waals surface area (Å²) in [5.74, 6) is -0.302. The molecule has 16 heteroatoms. The summed E-state index contributed by atoms with van der Waals surface area (Å²) in [4.78, 5) is 52.8. The second-order valence-electron chi connectivity index (χ2n) is 16.7. The standard InChI is InChI=1S/C47H86O14P2/c1-4-5-34-43(48)35-30-26-22-18-14-11-12-16-20-24-28-32-37-47(51)61-45(41-60-63(55,56)59-39-44(49)38-58-62(52,53)54)40-57-46(50)36-31-27-23-19-15-10-8-6-7-9-13-17-21-25-29-33-42(2)3/h11-12,18,20,22,24,30,35,42-45,48-49H,4-10,13-17,19,21,23,25-29,31-34,36-41H2,1-3H3,(H,55,56)(H2,52,53,54)/b12-11-,22-18-,24-20-,35-30-/t43-,44+,45-/m1/s1. The van der Waals surface area contributed by atoms with Gasteiger partial charge < -0.3 is 34.4 Å². The van der Waals surface area contributed by atoms with E-state index in [0.717, 1.165) is 63.7 Å². The molecule has 0 saturated carbocycles. The third-order valence-corrected chi connectivity index (χ3v) is 11.4. The predicted octanol–water partition coefficient (Wildman–Crippen LogP) is 11.4. The number of aliphatic hydroxyl groups excluding tert-OH is 2. The SMILES string of the molecule is CCCC[C@@H](O)/C=C\C/C=C\C/C=C\C/C=C\CCCC(=O)O[C@H](COC(=O)CCCCCCCCCCCCCCCCCC(C)C)COP(=O)(O)OC[C@@H](O)COP(=O)(O)O. The fourth-order valence-corrected chi connectivity index (χ4v) is 7.47. The summed E-state index contributed by atoms with van der Waals surface area (Å²) in [6.45, 7) is 3.89. The highest BCUT2D eigenvalue weighted by atomic mass is 31.2. The van der Waals surface area contributed by atoms with E-state index >= 15 is 0 Å². The van der Waals surface area contributed by atoms with Crippen LogP contribution in [0.3, 0.4) is 0 Å². The second kappa shape index (κ2) is 41.5. The minimum Gasteiger partial charge on any atom is -0.462 e. The van der Waals surface area contributed by atoms with Gasteiger partial charge >= 0.3 is 27.6 Å². The summed E-state index contributed by atoms with van der Waals surface area (Å²) in [7, 11) is -9.71. The molecule has 0 rings (SSSR count). The first-order valence-corrected chi connectivity index (χ1v) is 26.8. The third kappa shape index (κ3) is 46.4. The van der Waals surface area contributed by atoms with Gasteiger partial charge in [-0.25, -0.2) is 9.13 Å². The van der Waals surface area contributed by atoms with Crippen molar-refractivity contribution in [3.05, 3.63) is 48.6 Å². The Morgan fingerprint density at radius 1 is 0.540 bits per heavy atom. The minimum atomic E-state index is -4.88. The van der Waals surface area contributed by atoms with Gasteiger partial charge in [0.15, 0.2) is 6.10 Å². The first-order valence-electron chi connectivity index (χ1n) is 23.8. The van der Waals surface area contributed by atoms with Crippen molar-refractivity contribution in [2.75, 3.05) is 26.4 Å². The number of esters is 2. The van der Waals surface area contributed by atoms with Gasteiger partial charge in [-0.1, -0.05) is 179 Å². The van der Waals surface area contributed by atoms with Crippen molar-refractivity contribution >= 4 is 27.6 Å². The molecule has 5 N–H and O–H groups in total. The van der Waals surface area contributed by atoms with Crippen LogP contribution in [0.25, 0.3) is 0 Å². The number of hydrogen-bond donors (Lipinski definition) is 5. The molecule has 0 amide bonds. The molecule has 0 aliphatic carbocycles. The molecule has 0 radical (unpaired) electrons. The molecule has 1 unspecified atom stereocenters. The van der Waals surface area contributed by atoms with Gasteiger partial charge in [-0.05, 0) is 50.9 Å². The molecule has 0 aliphatic heterocycles. The number of hydrogen-bond acceptors (Lipinski definition) is 11. The van der Waals surface area contributed by atoms with Crippen LogP contribution in [-0.2, 0) is 41.8 Å². The van der Waals surface area contributed by atoms with Crippen molar-refractivity contribution in [3.8, 4) is 0 Å². The van der Waals surface area contributed by atoms with Crippen LogP contribution >= 0.6 is 15.6 Å². The normalized spacial score (nSPS) is 14.9. The number of unbranched alkanes of at least 4 members (excludes halogenated alkanes) is 16. The van der Waals surface area contributed by atoms with Crippen LogP contribution < -0.4 is 0 Å². The zero-order valence-corrected chi connectivity index (χ0v) is 40.7. The number of carbonyl (C=O) groups is 2. The maximum atomic E-state index is 12.7. The van der Waals surface area contributed by atoms with E-state index in [1.165, 1.54) is 77.0 Å². The molecule has 0 heterocycles. The van der Waals surface area contributed by atoms with Crippen molar-refractivity contribution < 1.29 is 66.7 Å². The molecule has 0 fully saturated rings. The zero-order chi connectivity index (χ0) is 46.9. The molecule has 0 aliphatic rings. The Hall–Kier alpha value is -1.96. The van der Waals surface area contributed by atoms with Crippen molar-refractivity contribution in [1.29, 1.82) is 0 Å². The van der Waals surface area contributed by atoms with E-state index in [4.69, 9.17) is 23.8 Å². The first kappa shape index (κ1) is 61.0. The number of phosphoric acid groups is 2. The monoisotopic (exact) mass is 937 g/mol. The minimum absolute atomic E-state index is 0.0390. The van der Waals surface area contributed by atoms with Gasteiger partial charge in [0, 0.05) is 12.8 Å². The topological polar surface area (TPSA) is 216 Å². The first-order chi connectivity index (χ1) is 30.1. The van der Waals surface area contributed by atoms with Crippen LogP contribution in [0.1, 0.15) is 188 Å². The van der Waals surface area contributed by atoms with Crippen molar-refractivity contribution in [2.24, 2.45) is 5.92 Å². The molecule has 0 aromatic heterocycles. The summed E-state index contributed by atoms with van der Waals surface area (Å²) < 4.78 is 47.8. The molecule has 0 spiro atoms. The smallest absolute Gasteiger partial charge is 0.462 e. The summed E-state index contributed by atoms with van der Waals surface area (Å²) in [6.07, 6.45) is 38.7. The van der Waals surface area contributed by atoms with Gasteiger partial charge in [0.05, 0.1) is 25.9 Å². The van der Waals surface area contributed by atoms with Gasteiger partial charge in [-0.2, -0.15) is 0 Å². The van der Waals surface area contributed by atoms with E-state index in [-0.39, 0.29) is 18.9 Å². The maximum Gasteiger partial charge on any atom is 0.472 e. The molecule has 63 heavy (non-hydrogen) atoms. The van der Waals surface area contributed by atoms with Crippen LogP contribution in [-0.4, -0.2) is 81.6 Å².